The molecule has 2 aromatic rings. The topological polar surface area (TPSA) is 88.1 Å². The highest BCUT2D eigenvalue weighted by Crippen LogP contribution is 2.29. The summed E-state index contributed by atoms with van der Waals surface area (Å²) in [5, 5.41) is 12.1. The lowest BCUT2D eigenvalue weighted by Gasteiger charge is -2.37. The highest BCUT2D eigenvalue weighted by atomic mass is 79.9. The van der Waals surface area contributed by atoms with E-state index in [1.165, 1.54) is 7.11 Å². The summed E-state index contributed by atoms with van der Waals surface area (Å²) in [6.45, 7) is 7.98. The summed E-state index contributed by atoms with van der Waals surface area (Å²) < 4.78 is 11.3. The predicted octanol–water partition coefficient (Wildman–Crippen LogP) is 4.77. The van der Waals surface area contributed by atoms with Crippen molar-refractivity contribution in [2.45, 2.75) is 24.9 Å². The lowest BCUT2D eigenvalue weighted by atomic mass is 9.85. The van der Waals surface area contributed by atoms with Gasteiger partial charge in [-0.2, -0.15) is 0 Å². The van der Waals surface area contributed by atoms with E-state index >= 15 is 0 Å². The van der Waals surface area contributed by atoms with Crippen LogP contribution in [0.15, 0.2) is 72.2 Å². The van der Waals surface area contributed by atoms with Crippen molar-refractivity contribution >= 4 is 27.9 Å². The number of halogens is 1. The van der Waals surface area contributed by atoms with Crippen LogP contribution in [-0.2, 0) is 17.8 Å². The second kappa shape index (κ2) is 12.1. The predicted molar refractivity (Wildman–Crippen MR) is 132 cm³/mol. The smallest absolute Gasteiger partial charge is 0.405 e. The highest BCUT2D eigenvalue weighted by molar-refractivity contribution is 9.11. The van der Waals surface area contributed by atoms with Crippen LogP contribution >= 0.6 is 15.9 Å². The second-order valence-corrected chi connectivity index (χ2v) is 8.65. The molecule has 8 heteroatoms. The number of methoxy groups -OCH3 is 2. The first kappa shape index (κ1) is 26.0. The zero-order chi connectivity index (χ0) is 24.4. The molecule has 0 spiro atoms. The molecule has 0 saturated heterocycles. The second-order valence-electron chi connectivity index (χ2n) is 7.52. The molecule has 0 saturated carbocycles. The van der Waals surface area contributed by atoms with Gasteiger partial charge in [-0.15, -0.1) is 6.58 Å². The number of carbonyl (C=O) groups is 2. The molecule has 0 aliphatic carbocycles. The lowest BCUT2D eigenvalue weighted by Crippen LogP contribution is -2.60. The number of hydrogen-bond acceptors (Lipinski definition) is 4. The van der Waals surface area contributed by atoms with Gasteiger partial charge in [0.2, 0.25) is 5.91 Å². The van der Waals surface area contributed by atoms with Gasteiger partial charge >= 0.3 is 6.09 Å². The molecule has 0 heterocycles. The molecule has 0 aliphatic heterocycles. The Morgan fingerprint density at radius 3 is 2.42 bits per heavy atom. The van der Waals surface area contributed by atoms with E-state index in [-0.39, 0.29) is 25.9 Å². The molecule has 0 radical (unpaired) electrons. The number of carbonyl (C=O) groups excluding carboxylic acids is 1. The average Bonchev–Trinajstić information content (AvgIpc) is 2.78. The van der Waals surface area contributed by atoms with Crippen molar-refractivity contribution in [1.29, 1.82) is 0 Å². The van der Waals surface area contributed by atoms with Gasteiger partial charge < -0.3 is 24.8 Å². The quantitative estimate of drug-likeness (QED) is 0.397. The van der Waals surface area contributed by atoms with E-state index in [9.17, 15) is 14.7 Å². The van der Waals surface area contributed by atoms with E-state index in [0.717, 1.165) is 11.1 Å². The van der Waals surface area contributed by atoms with E-state index in [4.69, 9.17) is 9.47 Å². The first-order valence-electron chi connectivity index (χ1n) is 10.2. The van der Waals surface area contributed by atoms with Crippen LogP contribution in [-0.4, -0.2) is 48.3 Å². The van der Waals surface area contributed by atoms with E-state index in [1.807, 2.05) is 36.4 Å². The third-order valence-electron chi connectivity index (χ3n) is 5.10. The van der Waals surface area contributed by atoms with Gasteiger partial charge in [-0.05, 0) is 24.1 Å². The van der Waals surface area contributed by atoms with Crippen molar-refractivity contribution in [2.24, 2.45) is 0 Å². The van der Waals surface area contributed by atoms with Gasteiger partial charge in [0.05, 0.1) is 20.8 Å². The van der Waals surface area contributed by atoms with Crippen molar-refractivity contribution in [3.05, 3.63) is 83.4 Å². The van der Waals surface area contributed by atoms with Gasteiger partial charge in [0.15, 0.2) is 0 Å². The van der Waals surface area contributed by atoms with E-state index in [2.05, 4.69) is 34.4 Å². The normalized spacial score (nSPS) is 12.2. The van der Waals surface area contributed by atoms with Crippen molar-refractivity contribution in [2.75, 3.05) is 20.8 Å². The van der Waals surface area contributed by atoms with E-state index in [1.54, 1.807) is 30.2 Å². The Hall–Kier alpha value is -3.26. The van der Waals surface area contributed by atoms with Crippen LogP contribution in [0, 0.1) is 0 Å². The minimum atomic E-state index is -1.45. The third-order valence-corrected chi connectivity index (χ3v) is 5.35. The SMILES string of the molecule is C=CCC(Cc1ccccc1)(NC(=O)O)C(=O)N(CC(=C)Br)Cc1ccc(OC)cc1OC. The molecule has 0 aromatic heterocycles. The minimum Gasteiger partial charge on any atom is -0.497 e. The number of hydrogen-bond donors (Lipinski definition) is 2. The van der Waals surface area contributed by atoms with Crippen LogP contribution in [0.4, 0.5) is 4.79 Å². The Morgan fingerprint density at radius 1 is 1.18 bits per heavy atom. The first-order valence-corrected chi connectivity index (χ1v) is 11.0. The summed E-state index contributed by atoms with van der Waals surface area (Å²) >= 11 is 3.34. The molecule has 2 aromatic carbocycles. The van der Waals surface area contributed by atoms with E-state index in [0.29, 0.717) is 16.0 Å². The maximum Gasteiger partial charge on any atom is 0.405 e. The molecular weight excluding hydrogens is 488 g/mol. The summed E-state index contributed by atoms with van der Waals surface area (Å²) in [6, 6.07) is 14.6. The lowest BCUT2D eigenvalue weighted by molar-refractivity contribution is -0.138. The molecule has 2 amide bonds. The zero-order valence-electron chi connectivity index (χ0n) is 18.8. The fourth-order valence-electron chi connectivity index (χ4n) is 3.68. The fraction of sp³-hybridized carbons (Fsp3) is 0.280. The van der Waals surface area contributed by atoms with Crippen LogP contribution in [0.5, 0.6) is 11.5 Å². The standard InChI is InChI=1S/C25H29BrN2O5/c1-5-13-25(27-24(30)31,15-19-9-7-6-8-10-19)23(29)28(16-18(2)26)17-20-11-12-21(32-3)14-22(20)33-4/h5-12,14,27H,1-2,13,15-17H2,3-4H3,(H,30,31). The molecule has 7 nitrogen and oxygen atoms in total. The molecule has 33 heavy (non-hydrogen) atoms. The minimum absolute atomic E-state index is 0.109. The molecule has 0 fully saturated rings. The first-order chi connectivity index (χ1) is 15.7. The van der Waals surface area contributed by atoms with Crippen LogP contribution in [0.2, 0.25) is 0 Å². The van der Waals surface area contributed by atoms with Crippen LogP contribution in [0.3, 0.4) is 0 Å². The molecule has 2 rings (SSSR count). The van der Waals surface area contributed by atoms with Crippen LogP contribution in [0.1, 0.15) is 17.5 Å². The molecule has 1 atom stereocenters. The molecular formula is C25H29BrN2O5. The fourth-order valence-corrected chi connectivity index (χ4v) is 3.98. The van der Waals surface area contributed by atoms with Crippen molar-refractivity contribution in [3.8, 4) is 11.5 Å². The van der Waals surface area contributed by atoms with Gasteiger partial charge in [0, 0.05) is 29.1 Å². The van der Waals surface area contributed by atoms with Crippen LogP contribution < -0.4 is 14.8 Å². The average molecular weight is 517 g/mol. The molecule has 0 aliphatic rings. The van der Waals surface area contributed by atoms with Crippen molar-refractivity contribution in [3.63, 3.8) is 0 Å². The number of ether oxygens (including phenoxy) is 2. The Kier molecular flexibility index (Phi) is 9.54. The maximum atomic E-state index is 14.0. The number of nitrogens with one attached hydrogen (secondary N) is 1. The Bertz CT molecular complexity index is 996. The molecule has 2 N–H and O–H groups in total. The summed E-state index contributed by atoms with van der Waals surface area (Å²) in [5.74, 6) is 0.777. The van der Waals surface area contributed by atoms with Crippen molar-refractivity contribution in [1.82, 2.24) is 10.2 Å². The maximum absolute atomic E-state index is 14.0. The van der Waals surface area contributed by atoms with Crippen LogP contribution in [0.25, 0.3) is 0 Å². The van der Waals surface area contributed by atoms with Gasteiger partial charge in [0.25, 0.3) is 0 Å². The summed E-state index contributed by atoms with van der Waals surface area (Å²) in [4.78, 5) is 27.3. The number of amides is 2. The summed E-state index contributed by atoms with van der Waals surface area (Å²) in [6.07, 6.45) is 0.528. The molecule has 176 valence electrons. The Morgan fingerprint density at radius 2 is 1.88 bits per heavy atom. The third kappa shape index (κ3) is 7.12. The van der Waals surface area contributed by atoms with Gasteiger partial charge in [-0.3, -0.25) is 4.79 Å². The van der Waals surface area contributed by atoms with Gasteiger partial charge in [-0.25, -0.2) is 4.79 Å². The van der Waals surface area contributed by atoms with Gasteiger partial charge in [-0.1, -0.05) is 58.9 Å². The number of rotatable bonds is 12. The van der Waals surface area contributed by atoms with E-state index < -0.39 is 17.5 Å². The van der Waals surface area contributed by atoms with Gasteiger partial charge in [0.1, 0.15) is 17.0 Å². The summed E-state index contributed by atoms with van der Waals surface area (Å²) in [7, 11) is 3.10. The van der Waals surface area contributed by atoms with Crippen molar-refractivity contribution < 1.29 is 24.2 Å². The highest BCUT2D eigenvalue weighted by Gasteiger charge is 2.42. The Balaban J connectivity index is 2.51. The monoisotopic (exact) mass is 516 g/mol. The largest absolute Gasteiger partial charge is 0.497 e. The number of carboxylic acid groups (broad SMARTS) is 1. The number of benzene rings is 2. The number of nitrogens with zero attached hydrogens (tertiary/aromatic N) is 1. The zero-order valence-corrected chi connectivity index (χ0v) is 20.4. The summed E-state index contributed by atoms with van der Waals surface area (Å²) in [5.41, 5.74) is 0.112. The Labute approximate surface area is 202 Å². The molecule has 0 bridgehead atoms. The molecule has 1 unspecified atom stereocenters.